The predicted molar refractivity (Wildman–Crippen MR) is 88.9 cm³/mol. The van der Waals surface area contributed by atoms with Crippen LogP contribution in [0.1, 0.15) is 11.6 Å². The molecule has 6 heteroatoms. The normalized spacial score (nSPS) is 11.9. The highest BCUT2D eigenvalue weighted by atomic mass is 79.9. The lowest BCUT2D eigenvalue weighted by Gasteiger charge is -2.18. The van der Waals surface area contributed by atoms with Crippen molar-refractivity contribution in [3.8, 4) is 0 Å². The lowest BCUT2D eigenvalue weighted by Crippen LogP contribution is -2.27. The number of nitrogens with one attached hydrogen (secondary N) is 1. The van der Waals surface area contributed by atoms with Gasteiger partial charge in [0.15, 0.2) is 0 Å². The Balaban J connectivity index is 2.34. The molecule has 104 valence electrons. The molecule has 0 saturated heterocycles. The SMILES string of the molecule is NC(=O)C(Nc1ccccc1Cl)c1ccc(Br)c(Br)c1. The molecule has 0 radical (unpaired) electrons. The molecule has 1 unspecified atom stereocenters. The van der Waals surface area contributed by atoms with Crippen LogP contribution in [-0.2, 0) is 4.79 Å². The third-order valence-electron chi connectivity index (χ3n) is 2.74. The Bertz CT molecular complexity index is 649. The van der Waals surface area contributed by atoms with Crippen LogP contribution >= 0.6 is 43.5 Å². The maximum Gasteiger partial charge on any atom is 0.244 e. The second-order valence-electron chi connectivity index (χ2n) is 4.13. The van der Waals surface area contributed by atoms with Crippen LogP contribution in [0.4, 0.5) is 5.69 Å². The first-order valence-electron chi connectivity index (χ1n) is 5.74. The fourth-order valence-electron chi connectivity index (χ4n) is 1.74. The van der Waals surface area contributed by atoms with E-state index in [0.29, 0.717) is 10.7 Å². The summed E-state index contributed by atoms with van der Waals surface area (Å²) >= 11 is 12.9. The highest BCUT2D eigenvalue weighted by molar-refractivity contribution is 9.13. The number of nitrogens with two attached hydrogens (primary N) is 1. The summed E-state index contributed by atoms with van der Waals surface area (Å²) in [4.78, 5) is 11.7. The Labute approximate surface area is 138 Å². The second-order valence-corrected chi connectivity index (χ2v) is 6.25. The first-order chi connectivity index (χ1) is 9.49. The molecule has 1 amide bonds. The first-order valence-corrected chi connectivity index (χ1v) is 7.71. The van der Waals surface area contributed by atoms with Gasteiger partial charge in [-0.05, 0) is 61.7 Å². The summed E-state index contributed by atoms with van der Waals surface area (Å²) in [7, 11) is 0. The number of amides is 1. The molecule has 2 aromatic carbocycles. The van der Waals surface area contributed by atoms with Gasteiger partial charge in [-0.1, -0.05) is 29.8 Å². The van der Waals surface area contributed by atoms with Gasteiger partial charge in [-0.15, -0.1) is 0 Å². The Morgan fingerprint density at radius 2 is 1.85 bits per heavy atom. The molecule has 0 fully saturated rings. The minimum atomic E-state index is -0.653. The number of primary amides is 1. The molecule has 3 nitrogen and oxygen atoms in total. The molecule has 0 heterocycles. The van der Waals surface area contributed by atoms with Gasteiger partial charge in [-0.25, -0.2) is 0 Å². The number of carbonyl (C=O) groups is 1. The quantitative estimate of drug-likeness (QED) is 0.768. The van der Waals surface area contributed by atoms with Crippen LogP contribution in [-0.4, -0.2) is 5.91 Å². The predicted octanol–water partition coefficient (Wildman–Crippen LogP) is 4.50. The number of hydrogen-bond donors (Lipinski definition) is 2. The van der Waals surface area contributed by atoms with E-state index in [1.165, 1.54) is 0 Å². The van der Waals surface area contributed by atoms with E-state index in [1.807, 2.05) is 30.3 Å². The molecule has 20 heavy (non-hydrogen) atoms. The maximum absolute atomic E-state index is 11.7. The maximum atomic E-state index is 11.7. The van der Waals surface area contributed by atoms with Crippen molar-refractivity contribution in [1.82, 2.24) is 0 Å². The van der Waals surface area contributed by atoms with Gasteiger partial charge in [0.2, 0.25) is 5.91 Å². The molecule has 1 atom stereocenters. The monoisotopic (exact) mass is 416 g/mol. The zero-order valence-electron chi connectivity index (χ0n) is 10.2. The summed E-state index contributed by atoms with van der Waals surface area (Å²) in [6, 6.07) is 12.1. The molecule has 0 aromatic heterocycles. The average molecular weight is 419 g/mol. The van der Waals surface area contributed by atoms with Crippen LogP contribution in [0.25, 0.3) is 0 Å². The molecule has 0 aliphatic heterocycles. The Morgan fingerprint density at radius 3 is 2.45 bits per heavy atom. The number of carbonyl (C=O) groups excluding carboxylic acids is 1. The number of halogens is 3. The fraction of sp³-hybridized carbons (Fsp3) is 0.0714. The van der Waals surface area contributed by atoms with Crippen LogP contribution in [0.3, 0.4) is 0 Å². The van der Waals surface area contributed by atoms with Crippen molar-refractivity contribution in [3.05, 3.63) is 62.0 Å². The van der Waals surface area contributed by atoms with E-state index < -0.39 is 11.9 Å². The van der Waals surface area contributed by atoms with Crippen LogP contribution in [0.15, 0.2) is 51.4 Å². The van der Waals surface area contributed by atoms with E-state index >= 15 is 0 Å². The first kappa shape index (κ1) is 15.4. The lowest BCUT2D eigenvalue weighted by molar-refractivity contribution is -0.118. The van der Waals surface area contributed by atoms with E-state index in [-0.39, 0.29) is 0 Å². The average Bonchev–Trinajstić information content (AvgIpc) is 2.41. The number of anilines is 1. The number of para-hydroxylation sites is 1. The second kappa shape index (κ2) is 6.61. The van der Waals surface area contributed by atoms with E-state index in [9.17, 15) is 4.79 Å². The summed E-state index contributed by atoms with van der Waals surface area (Å²) in [6.45, 7) is 0. The van der Waals surface area contributed by atoms with Crippen molar-refractivity contribution in [2.75, 3.05) is 5.32 Å². The van der Waals surface area contributed by atoms with E-state index in [1.54, 1.807) is 12.1 Å². The van der Waals surface area contributed by atoms with Gasteiger partial charge in [0.1, 0.15) is 6.04 Å². The minimum Gasteiger partial charge on any atom is -0.369 e. The van der Waals surface area contributed by atoms with Crippen molar-refractivity contribution in [2.45, 2.75) is 6.04 Å². The van der Waals surface area contributed by atoms with Crippen molar-refractivity contribution < 1.29 is 4.79 Å². The number of hydrogen-bond acceptors (Lipinski definition) is 2. The van der Waals surface area contributed by atoms with Gasteiger partial charge in [0.05, 0.1) is 10.7 Å². The highest BCUT2D eigenvalue weighted by Gasteiger charge is 2.19. The van der Waals surface area contributed by atoms with Gasteiger partial charge >= 0.3 is 0 Å². The fourth-order valence-corrected chi connectivity index (χ4v) is 2.58. The number of benzene rings is 2. The van der Waals surface area contributed by atoms with Gasteiger partial charge in [-0.3, -0.25) is 4.79 Å². The summed E-state index contributed by atoms with van der Waals surface area (Å²) < 4.78 is 1.75. The largest absolute Gasteiger partial charge is 0.369 e. The zero-order valence-corrected chi connectivity index (χ0v) is 14.2. The Hall–Kier alpha value is -1.04. The molecule has 3 N–H and O–H groups in total. The Kier molecular flexibility index (Phi) is 5.07. The van der Waals surface area contributed by atoms with Crippen molar-refractivity contribution in [1.29, 1.82) is 0 Å². The molecular formula is C14H11Br2ClN2O. The van der Waals surface area contributed by atoms with Crippen LogP contribution in [0, 0.1) is 0 Å². The molecular weight excluding hydrogens is 407 g/mol. The van der Waals surface area contributed by atoms with Gasteiger partial charge in [0.25, 0.3) is 0 Å². The molecule has 0 bridgehead atoms. The summed E-state index contributed by atoms with van der Waals surface area (Å²) in [6.07, 6.45) is 0. The van der Waals surface area contributed by atoms with Gasteiger partial charge in [-0.2, -0.15) is 0 Å². The molecule has 2 aromatic rings. The smallest absolute Gasteiger partial charge is 0.244 e. The standard InChI is InChI=1S/C14H11Br2ClN2O/c15-9-6-5-8(7-10(9)16)13(14(18)20)19-12-4-2-1-3-11(12)17/h1-7,13,19H,(H2,18,20). The topological polar surface area (TPSA) is 55.1 Å². The molecule has 0 aliphatic rings. The van der Waals surface area contributed by atoms with E-state index in [0.717, 1.165) is 14.5 Å². The van der Waals surface area contributed by atoms with E-state index in [4.69, 9.17) is 17.3 Å². The summed E-state index contributed by atoms with van der Waals surface area (Å²) in [5.41, 5.74) is 6.90. The third-order valence-corrected chi connectivity index (χ3v) is 4.94. The van der Waals surface area contributed by atoms with Crippen molar-refractivity contribution in [3.63, 3.8) is 0 Å². The summed E-state index contributed by atoms with van der Waals surface area (Å²) in [5, 5.41) is 3.60. The zero-order chi connectivity index (χ0) is 14.7. The summed E-state index contributed by atoms with van der Waals surface area (Å²) in [5.74, 6) is -0.473. The van der Waals surface area contributed by atoms with Crippen LogP contribution < -0.4 is 11.1 Å². The van der Waals surface area contributed by atoms with Crippen LogP contribution in [0.2, 0.25) is 5.02 Å². The van der Waals surface area contributed by atoms with Gasteiger partial charge in [0, 0.05) is 8.95 Å². The molecule has 0 saturated carbocycles. The van der Waals surface area contributed by atoms with Crippen molar-refractivity contribution >= 4 is 55.1 Å². The van der Waals surface area contributed by atoms with Gasteiger partial charge < -0.3 is 11.1 Å². The lowest BCUT2D eigenvalue weighted by atomic mass is 10.1. The molecule has 2 rings (SSSR count). The van der Waals surface area contributed by atoms with Crippen LogP contribution in [0.5, 0.6) is 0 Å². The highest BCUT2D eigenvalue weighted by Crippen LogP contribution is 2.30. The number of rotatable bonds is 4. The van der Waals surface area contributed by atoms with E-state index in [2.05, 4.69) is 37.2 Å². The minimum absolute atomic E-state index is 0.473. The molecule has 0 aliphatic carbocycles. The third kappa shape index (κ3) is 3.53. The Morgan fingerprint density at radius 1 is 1.15 bits per heavy atom. The van der Waals surface area contributed by atoms with Crippen molar-refractivity contribution in [2.24, 2.45) is 5.73 Å². The molecule has 0 spiro atoms.